The molecule has 0 saturated heterocycles. The maximum atomic E-state index is 11.7. The first-order valence-electron chi connectivity index (χ1n) is 7.31. The van der Waals surface area contributed by atoms with Crippen LogP contribution < -0.4 is 10.6 Å². The van der Waals surface area contributed by atoms with E-state index in [0.717, 1.165) is 17.0 Å². The Morgan fingerprint density at radius 3 is 2.81 bits per heavy atom. The molecule has 0 fully saturated rings. The van der Waals surface area contributed by atoms with Gasteiger partial charge in [0.25, 0.3) is 0 Å². The molecule has 0 unspecified atom stereocenters. The largest absolute Gasteiger partial charge is 0.351 e. The minimum atomic E-state index is -0.171. The number of fused-ring (bicyclic) bond motifs is 1. The van der Waals surface area contributed by atoms with Crippen LogP contribution >= 0.6 is 0 Å². The van der Waals surface area contributed by atoms with Crippen LogP contribution in [0.25, 0.3) is 5.65 Å². The number of carbonyl (C=O) groups excluding carboxylic acids is 1. The monoisotopic (exact) mass is 288 g/mol. The average Bonchev–Trinajstić information content (AvgIpc) is 2.68. The van der Waals surface area contributed by atoms with Crippen LogP contribution in [0.3, 0.4) is 0 Å². The van der Waals surface area contributed by atoms with Gasteiger partial charge in [-0.05, 0) is 39.8 Å². The smallest absolute Gasteiger partial charge is 0.221 e. The molecule has 5 heteroatoms. The molecular formula is C16H24N4O. The summed E-state index contributed by atoms with van der Waals surface area (Å²) in [5.41, 5.74) is 2.95. The van der Waals surface area contributed by atoms with Gasteiger partial charge in [-0.25, -0.2) is 4.98 Å². The fraction of sp³-hybridized carbons (Fsp3) is 0.500. The van der Waals surface area contributed by atoms with Gasteiger partial charge in [0.15, 0.2) is 0 Å². The SMILES string of the molecule is Cc1nc2ccccn2c1CNCCC(=O)NC(C)(C)C. The molecule has 1 amide bonds. The lowest BCUT2D eigenvalue weighted by atomic mass is 10.1. The summed E-state index contributed by atoms with van der Waals surface area (Å²) < 4.78 is 2.08. The molecule has 2 aromatic rings. The van der Waals surface area contributed by atoms with E-state index >= 15 is 0 Å². The van der Waals surface area contributed by atoms with E-state index in [2.05, 4.69) is 20.0 Å². The van der Waals surface area contributed by atoms with Crippen molar-refractivity contribution < 1.29 is 4.79 Å². The molecule has 0 aromatic carbocycles. The molecule has 2 aromatic heterocycles. The fourth-order valence-corrected chi connectivity index (χ4v) is 2.27. The number of hydrogen-bond acceptors (Lipinski definition) is 3. The zero-order valence-corrected chi connectivity index (χ0v) is 13.2. The van der Waals surface area contributed by atoms with Crippen LogP contribution in [-0.4, -0.2) is 27.4 Å². The van der Waals surface area contributed by atoms with Gasteiger partial charge in [0, 0.05) is 31.2 Å². The van der Waals surface area contributed by atoms with E-state index in [1.165, 1.54) is 0 Å². The molecule has 0 radical (unpaired) electrons. The molecule has 0 saturated carbocycles. The van der Waals surface area contributed by atoms with E-state index < -0.39 is 0 Å². The summed E-state index contributed by atoms with van der Waals surface area (Å²) in [5, 5.41) is 6.27. The molecule has 0 spiro atoms. The van der Waals surface area contributed by atoms with Gasteiger partial charge >= 0.3 is 0 Å². The van der Waals surface area contributed by atoms with Crippen LogP contribution in [0.4, 0.5) is 0 Å². The Morgan fingerprint density at radius 1 is 1.33 bits per heavy atom. The van der Waals surface area contributed by atoms with Gasteiger partial charge in [0.05, 0.1) is 11.4 Å². The maximum Gasteiger partial charge on any atom is 0.221 e. The van der Waals surface area contributed by atoms with Gasteiger partial charge in [-0.2, -0.15) is 0 Å². The average molecular weight is 288 g/mol. The van der Waals surface area contributed by atoms with Crippen molar-refractivity contribution in [1.29, 1.82) is 0 Å². The van der Waals surface area contributed by atoms with Gasteiger partial charge in [-0.3, -0.25) is 4.79 Å². The van der Waals surface area contributed by atoms with Crippen molar-refractivity contribution in [3.8, 4) is 0 Å². The Morgan fingerprint density at radius 2 is 2.10 bits per heavy atom. The Kier molecular flexibility index (Phi) is 4.63. The van der Waals surface area contributed by atoms with Crippen LogP contribution in [0.1, 0.15) is 38.6 Å². The van der Waals surface area contributed by atoms with Crippen molar-refractivity contribution in [1.82, 2.24) is 20.0 Å². The highest BCUT2D eigenvalue weighted by Crippen LogP contribution is 2.11. The number of aromatic nitrogens is 2. The van der Waals surface area contributed by atoms with Crippen molar-refractivity contribution in [2.24, 2.45) is 0 Å². The Bertz CT molecular complexity index is 625. The van der Waals surface area contributed by atoms with Gasteiger partial charge in [0.2, 0.25) is 5.91 Å². The third kappa shape index (κ3) is 4.29. The van der Waals surface area contributed by atoms with Crippen molar-refractivity contribution in [3.05, 3.63) is 35.8 Å². The van der Waals surface area contributed by atoms with Crippen molar-refractivity contribution >= 4 is 11.6 Å². The maximum absolute atomic E-state index is 11.7. The van der Waals surface area contributed by atoms with Gasteiger partial charge in [-0.15, -0.1) is 0 Å². The molecule has 0 atom stereocenters. The topological polar surface area (TPSA) is 58.4 Å². The first-order chi connectivity index (χ1) is 9.87. The number of rotatable bonds is 5. The zero-order chi connectivity index (χ0) is 15.5. The Hall–Kier alpha value is -1.88. The highest BCUT2D eigenvalue weighted by Gasteiger charge is 2.13. The minimum Gasteiger partial charge on any atom is -0.351 e. The number of hydrogen-bond donors (Lipinski definition) is 2. The predicted molar refractivity (Wildman–Crippen MR) is 84.1 cm³/mol. The summed E-state index contributed by atoms with van der Waals surface area (Å²) in [6, 6.07) is 5.97. The van der Waals surface area contributed by atoms with Crippen molar-refractivity contribution in [3.63, 3.8) is 0 Å². The second kappa shape index (κ2) is 6.26. The molecular weight excluding hydrogens is 264 g/mol. The number of imidazole rings is 1. The predicted octanol–water partition coefficient (Wildman–Crippen LogP) is 2.04. The van der Waals surface area contributed by atoms with Crippen LogP contribution in [-0.2, 0) is 11.3 Å². The molecule has 2 rings (SSSR count). The summed E-state index contributed by atoms with van der Waals surface area (Å²) in [6.45, 7) is 9.33. The van der Waals surface area contributed by atoms with Gasteiger partial charge in [0.1, 0.15) is 5.65 Å². The number of aryl methyl sites for hydroxylation is 1. The molecule has 0 aliphatic heterocycles. The Balaban J connectivity index is 1.86. The lowest BCUT2D eigenvalue weighted by Gasteiger charge is -2.20. The molecule has 5 nitrogen and oxygen atoms in total. The number of nitrogens with zero attached hydrogens (tertiary/aromatic N) is 2. The fourth-order valence-electron chi connectivity index (χ4n) is 2.27. The van der Waals surface area contributed by atoms with E-state index in [4.69, 9.17) is 0 Å². The second-order valence-electron chi connectivity index (χ2n) is 6.30. The molecule has 2 N–H and O–H groups in total. The summed E-state index contributed by atoms with van der Waals surface area (Å²) >= 11 is 0. The molecule has 0 bridgehead atoms. The Labute approximate surface area is 125 Å². The third-order valence-corrected chi connectivity index (χ3v) is 3.16. The standard InChI is InChI=1S/C16H24N4O/c1-12-13(20-10-6-5-7-14(20)18-12)11-17-9-8-15(21)19-16(2,3)4/h5-7,10,17H,8-9,11H2,1-4H3,(H,19,21). The number of pyridine rings is 1. The van der Waals surface area contributed by atoms with Crippen molar-refractivity contribution in [2.45, 2.75) is 46.2 Å². The van der Waals surface area contributed by atoms with E-state index in [1.54, 1.807) is 0 Å². The first kappa shape index (κ1) is 15.5. The van der Waals surface area contributed by atoms with E-state index in [0.29, 0.717) is 19.5 Å². The quantitative estimate of drug-likeness (QED) is 0.828. The molecule has 0 aliphatic carbocycles. The minimum absolute atomic E-state index is 0.0739. The normalized spacial score (nSPS) is 11.8. The molecule has 0 aliphatic rings. The summed E-state index contributed by atoms with van der Waals surface area (Å²) in [5.74, 6) is 0.0739. The molecule has 114 valence electrons. The highest BCUT2D eigenvalue weighted by atomic mass is 16.1. The summed E-state index contributed by atoms with van der Waals surface area (Å²) in [7, 11) is 0. The lowest BCUT2D eigenvalue weighted by molar-refractivity contribution is -0.122. The molecule has 2 heterocycles. The van der Waals surface area contributed by atoms with E-state index in [9.17, 15) is 4.79 Å². The highest BCUT2D eigenvalue weighted by molar-refractivity contribution is 5.76. The molecule has 21 heavy (non-hydrogen) atoms. The lowest BCUT2D eigenvalue weighted by Crippen LogP contribution is -2.41. The van der Waals surface area contributed by atoms with Crippen LogP contribution in [0.15, 0.2) is 24.4 Å². The second-order valence-corrected chi connectivity index (χ2v) is 6.30. The number of amides is 1. The summed E-state index contributed by atoms with van der Waals surface area (Å²) in [4.78, 5) is 16.2. The van der Waals surface area contributed by atoms with Crippen LogP contribution in [0.2, 0.25) is 0 Å². The first-order valence-corrected chi connectivity index (χ1v) is 7.31. The number of carbonyl (C=O) groups is 1. The van der Waals surface area contributed by atoms with Crippen molar-refractivity contribution in [2.75, 3.05) is 6.54 Å². The van der Waals surface area contributed by atoms with Gasteiger partial charge in [-0.1, -0.05) is 6.07 Å². The van der Waals surface area contributed by atoms with Crippen LogP contribution in [0, 0.1) is 6.92 Å². The van der Waals surface area contributed by atoms with Crippen LogP contribution in [0.5, 0.6) is 0 Å². The van der Waals surface area contributed by atoms with E-state index in [-0.39, 0.29) is 11.4 Å². The van der Waals surface area contributed by atoms with Gasteiger partial charge < -0.3 is 15.0 Å². The van der Waals surface area contributed by atoms with E-state index in [1.807, 2.05) is 52.1 Å². The third-order valence-electron chi connectivity index (χ3n) is 3.16. The zero-order valence-electron chi connectivity index (χ0n) is 13.2. The summed E-state index contributed by atoms with van der Waals surface area (Å²) in [6.07, 6.45) is 2.49. The number of nitrogens with one attached hydrogen (secondary N) is 2.